The number of nitrogens with zero attached hydrogens (tertiary/aromatic N) is 5. The molecule has 1 aromatic heterocycles. The van der Waals surface area contributed by atoms with Gasteiger partial charge >= 0.3 is 5.97 Å². The summed E-state index contributed by atoms with van der Waals surface area (Å²) in [6, 6.07) is 4.59. The number of thioether (sulfide) groups is 2. The Labute approximate surface area is 211 Å². The monoisotopic (exact) mass is 558 g/mol. The zero-order chi connectivity index (χ0) is 26.2. The van der Waals surface area contributed by atoms with Gasteiger partial charge in [-0.15, -0.1) is 16.9 Å². The first kappa shape index (κ1) is 25.9. The van der Waals surface area contributed by atoms with E-state index in [4.69, 9.17) is 4.55 Å². The summed E-state index contributed by atoms with van der Waals surface area (Å²) in [6.07, 6.45) is -1.74. The number of phenolic OH excluding ortho intramolecular Hbond substituents is 1. The predicted molar refractivity (Wildman–Crippen MR) is 123 cm³/mol. The molecule has 2 amide bonds. The number of aromatic nitrogens is 4. The Balaban J connectivity index is 1.46. The molecule has 0 aliphatic carbocycles. The van der Waals surface area contributed by atoms with Crippen LogP contribution < -0.4 is 5.32 Å². The Bertz CT molecular complexity index is 1360. The number of phenols is 1. The summed E-state index contributed by atoms with van der Waals surface area (Å²) in [4.78, 5) is 38.3. The number of aliphatic hydroxyl groups is 1. The second-order valence-corrected chi connectivity index (χ2v) is 11.0. The second-order valence-electron chi connectivity index (χ2n) is 7.58. The maximum Gasteiger partial charge on any atom is 0.352 e. The largest absolute Gasteiger partial charge is 0.508 e. The molecule has 0 radical (unpaired) electrons. The van der Waals surface area contributed by atoms with Crippen LogP contribution >= 0.6 is 23.5 Å². The van der Waals surface area contributed by atoms with Crippen molar-refractivity contribution in [2.24, 2.45) is 0 Å². The Hall–Kier alpha value is -3.19. The van der Waals surface area contributed by atoms with E-state index in [0.717, 1.165) is 21.3 Å². The molecule has 3 atom stereocenters. The van der Waals surface area contributed by atoms with Crippen molar-refractivity contribution in [2.75, 3.05) is 11.5 Å². The highest BCUT2D eigenvalue weighted by Crippen LogP contribution is 2.41. The molecular formula is C18H18N6O9S3. The average molecular weight is 559 g/mol. The van der Waals surface area contributed by atoms with Gasteiger partial charge in [-0.05, 0) is 22.1 Å². The number of carbonyl (C=O) groups is 3. The number of amides is 2. The van der Waals surface area contributed by atoms with E-state index in [1.54, 1.807) is 0 Å². The molecule has 3 heterocycles. The molecule has 0 spiro atoms. The fourth-order valence-corrected chi connectivity index (χ4v) is 6.50. The third-order valence-corrected chi connectivity index (χ3v) is 8.14. The highest BCUT2D eigenvalue weighted by atomic mass is 32.2. The van der Waals surface area contributed by atoms with Crippen molar-refractivity contribution >= 4 is 51.4 Å². The minimum atomic E-state index is -4.42. The third-order valence-electron chi connectivity index (χ3n) is 5.19. The third kappa shape index (κ3) is 5.16. The summed E-state index contributed by atoms with van der Waals surface area (Å²) in [5.74, 6) is -4.01. The van der Waals surface area contributed by atoms with Crippen LogP contribution in [-0.2, 0) is 30.4 Å². The first-order valence-corrected chi connectivity index (χ1v) is 13.6. The van der Waals surface area contributed by atoms with E-state index in [1.165, 1.54) is 36.0 Å². The molecular weight excluding hydrogens is 540 g/mol. The Morgan fingerprint density at radius 2 is 2.03 bits per heavy atom. The molecule has 4 rings (SSSR count). The summed E-state index contributed by atoms with van der Waals surface area (Å²) in [5.41, 5.74) is 0.0102. The van der Waals surface area contributed by atoms with Gasteiger partial charge in [-0.3, -0.25) is 19.0 Å². The number of nitrogens with one attached hydrogen (secondary N) is 1. The fraction of sp³-hybridized carbons (Fsp3) is 0.333. The highest BCUT2D eigenvalue weighted by molar-refractivity contribution is 8.01. The molecule has 2 aromatic rings. The number of aliphatic hydroxyl groups excluding tert-OH is 1. The number of aromatic hydroxyl groups is 1. The fourth-order valence-electron chi connectivity index (χ4n) is 3.57. The molecule has 1 saturated heterocycles. The van der Waals surface area contributed by atoms with Gasteiger partial charge in [-0.25, -0.2) is 9.48 Å². The van der Waals surface area contributed by atoms with Gasteiger partial charge in [-0.1, -0.05) is 30.0 Å². The second kappa shape index (κ2) is 10.1. The maximum atomic E-state index is 12.8. The lowest BCUT2D eigenvalue weighted by Gasteiger charge is -2.49. The van der Waals surface area contributed by atoms with Gasteiger partial charge in [0.15, 0.2) is 12.0 Å². The molecule has 36 heavy (non-hydrogen) atoms. The normalized spacial score (nSPS) is 20.5. The van der Waals surface area contributed by atoms with Crippen molar-refractivity contribution in [3.05, 3.63) is 41.1 Å². The SMILES string of the molecule is O=C(O)C1=C(CSc2nnnn2CS(=O)(=O)O)CS[C@@H]2[C@H](NC(=O)[C@H](O)c3ccccc3O)C(=O)N12. The highest BCUT2D eigenvalue weighted by Gasteiger charge is 2.54. The predicted octanol–water partition coefficient (Wildman–Crippen LogP) is -1.21. The topological polar surface area (TPSA) is 225 Å². The summed E-state index contributed by atoms with van der Waals surface area (Å²) < 4.78 is 32.0. The van der Waals surface area contributed by atoms with Gasteiger partial charge in [-0.2, -0.15) is 8.42 Å². The van der Waals surface area contributed by atoms with E-state index in [1.807, 2.05) is 0 Å². The number of carboxylic acids is 1. The van der Waals surface area contributed by atoms with Crippen molar-refractivity contribution in [1.82, 2.24) is 30.4 Å². The van der Waals surface area contributed by atoms with Gasteiger partial charge in [0.25, 0.3) is 21.9 Å². The van der Waals surface area contributed by atoms with Crippen molar-refractivity contribution < 1.29 is 42.7 Å². The number of hydrogen-bond donors (Lipinski definition) is 5. The summed E-state index contributed by atoms with van der Waals surface area (Å²) in [6.45, 7) is 0. The Morgan fingerprint density at radius 1 is 1.31 bits per heavy atom. The van der Waals surface area contributed by atoms with E-state index in [0.29, 0.717) is 5.57 Å². The smallest absolute Gasteiger partial charge is 0.352 e. The number of carbonyl (C=O) groups excluding carboxylic acids is 2. The van der Waals surface area contributed by atoms with Gasteiger partial charge in [0.1, 0.15) is 22.9 Å². The Morgan fingerprint density at radius 3 is 2.69 bits per heavy atom. The number of fused-ring (bicyclic) bond motifs is 1. The molecule has 0 unspecified atom stereocenters. The van der Waals surface area contributed by atoms with E-state index in [9.17, 15) is 38.1 Å². The molecule has 1 fully saturated rings. The molecule has 15 nitrogen and oxygen atoms in total. The van der Waals surface area contributed by atoms with Crippen LogP contribution in [-0.4, -0.2) is 94.1 Å². The van der Waals surface area contributed by atoms with Gasteiger partial charge < -0.3 is 20.6 Å². The van der Waals surface area contributed by atoms with Crippen LogP contribution in [0.15, 0.2) is 40.7 Å². The maximum absolute atomic E-state index is 12.8. The first-order chi connectivity index (χ1) is 17.0. The van der Waals surface area contributed by atoms with E-state index in [2.05, 4.69) is 20.8 Å². The van der Waals surface area contributed by atoms with Crippen molar-refractivity contribution in [3.8, 4) is 5.75 Å². The molecule has 1 aromatic carbocycles. The van der Waals surface area contributed by atoms with E-state index in [-0.39, 0.29) is 33.7 Å². The minimum absolute atomic E-state index is 0.00000670. The zero-order valence-electron chi connectivity index (χ0n) is 18.0. The van der Waals surface area contributed by atoms with Crippen LogP contribution in [0.4, 0.5) is 0 Å². The summed E-state index contributed by atoms with van der Waals surface area (Å²) >= 11 is 2.11. The van der Waals surface area contributed by atoms with Crippen LogP contribution in [0.3, 0.4) is 0 Å². The molecule has 18 heteroatoms. The van der Waals surface area contributed by atoms with Gasteiger partial charge in [0.2, 0.25) is 5.16 Å². The Kier molecular flexibility index (Phi) is 7.23. The minimum Gasteiger partial charge on any atom is -0.508 e. The lowest BCUT2D eigenvalue weighted by atomic mass is 10.0. The molecule has 0 bridgehead atoms. The molecule has 2 aliphatic heterocycles. The number of β-lactam (4-membered cyclic amide) rings is 1. The van der Waals surface area contributed by atoms with Crippen LogP contribution in [0.1, 0.15) is 11.7 Å². The summed E-state index contributed by atoms with van der Waals surface area (Å²) in [5, 5.41) is 42.0. The molecule has 0 saturated carbocycles. The molecule has 2 aliphatic rings. The lowest BCUT2D eigenvalue weighted by Crippen LogP contribution is -2.70. The summed E-state index contributed by atoms with van der Waals surface area (Å²) in [7, 11) is -4.42. The van der Waals surface area contributed by atoms with Crippen molar-refractivity contribution in [1.29, 1.82) is 0 Å². The molecule has 5 N–H and O–H groups in total. The lowest BCUT2D eigenvalue weighted by molar-refractivity contribution is -0.151. The standard InChI is InChI=1S/C18H18N6O9S3/c25-10-4-2-1-3-9(10)13(26)14(27)19-11-15(28)24-12(17(29)30)8(5-34-16(11)24)6-35-18-20-21-22-23(18)7-36(31,32)33/h1-4,11,13,16,25-26H,5-7H2,(H,19,27)(H,29,30)(H,31,32,33)/t11-,13-,16-/m1/s1. The van der Waals surface area contributed by atoms with Gasteiger partial charge in [0.05, 0.1) is 0 Å². The van der Waals surface area contributed by atoms with Crippen LogP contribution in [0.5, 0.6) is 5.75 Å². The van der Waals surface area contributed by atoms with Crippen molar-refractivity contribution in [3.63, 3.8) is 0 Å². The van der Waals surface area contributed by atoms with Crippen molar-refractivity contribution in [2.45, 2.75) is 28.6 Å². The van der Waals surface area contributed by atoms with Crippen LogP contribution in [0, 0.1) is 0 Å². The quantitative estimate of drug-likeness (QED) is 0.138. The number of para-hydroxylation sites is 1. The number of rotatable bonds is 9. The van der Waals surface area contributed by atoms with E-state index < -0.39 is 51.3 Å². The first-order valence-electron chi connectivity index (χ1n) is 9.98. The number of hydrogen-bond acceptors (Lipinski definition) is 12. The number of aliphatic carboxylic acids is 1. The number of benzene rings is 1. The molecule has 192 valence electrons. The van der Waals surface area contributed by atoms with Crippen LogP contribution in [0.2, 0.25) is 0 Å². The number of tetrazole rings is 1. The number of carboxylic acid groups (broad SMARTS) is 1. The van der Waals surface area contributed by atoms with Crippen LogP contribution in [0.25, 0.3) is 0 Å². The van der Waals surface area contributed by atoms with Gasteiger partial charge in [0, 0.05) is 17.1 Å². The van der Waals surface area contributed by atoms with E-state index >= 15 is 0 Å². The zero-order valence-corrected chi connectivity index (χ0v) is 20.4. The average Bonchev–Trinajstić information content (AvgIpc) is 3.25.